The molecule has 0 unspecified atom stereocenters. The summed E-state index contributed by atoms with van der Waals surface area (Å²) < 4.78 is 13.0. The third-order valence-electron chi connectivity index (χ3n) is 3.45. The second kappa shape index (κ2) is 6.07. The SMILES string of the molecule is COc1ccc(-c2cn(-c3cccc(OC)c3)c(=S)[nH]2)cc1. The van der Waals surface area contributed by atoms with Gasteiger partial charge in [0, 0.05) is 12.3 Å². The number of aromatic amines is 1. The van der Waals surface area contributed by atoms with Gasteiger partial charge in [0.2, 0.25) is 0 Å². The second-order valence-corrected chi connectivity index (χ2v) is 5.16. The van der Waals surface area contributed by atoms with E-state index in [2.05, 4.69) is 4.98 Å². The minimum atomic E-state index is 0.638. The van der Waals surface area contributed by atoms with Crippen LogP contribution in [0.25, 0.3) is 16.9 Å². The first-order valence-electron chi connectivity index (χ1n) is 6.82. The van der Waals surface area contributed by atoms with Gasteiger partial charge < -0.3 is 14.5 Å². The molecule has 2 aromatic carbocycles. The van der Waals surface area contributed by atoms with Crippen molar-refractivity contribution in [1.29, 1.82) is 0 Å². The molecule has 0 fully saturated rings. The van der Waals surface area contributed by atoms with Gasteiger partial charge in [0.15, 0.2) is 4.77 Å². The summed E-state index contributed by atoms with van der Waals surface area (Å²) in [6.45, 7) is 0. The van der Waals surface area contributed by atoms with Crippen LogP contribution in [0, 0.1) is 4.77 Å². The van der Waals surface area contributed by atoms with Crippen LogP contribution in [0.4, 0.5) is 0 Å². The Morgan fingerprint density at radius 3 is 2.36 bits per heavy atom. The lowest BCUT2D eigenvalue weighted by atomic mass is 10.1. The molecular formula is C17H16N2O2S. The number of ether oxygens (including phenoxy) is 2. The molecule has 4 nitrogen and oxygen atoms in total. The monoisotopic (exact) mass is 312 g/mol. The lowest BCUT2D eigenvalue weighted by Gasteiger charge is -2.05. The summed E-state index contributed by atoms with van der Waals surface area (Å²) in [6.07, 6.45) is 1.99. The average Bonchev–Trinajstić information content (AvgIpc) is 2.97. The van der Waals surface area contributed by atoms with Crippen LogP contribution in [0.15, 0.2) is 54.7 Å². The highest BCUT2D eigenvalue weighted by molar-refractivity contribution is 7.71. The van der Waals surface area contributed by atoms with Crippen molar-refractivity contribution in [2.75, 3.05) is 14.2 Å². The van der Waals surface area contributed by atoms with E-state index in [0.717, 1.165) is 28.4 Å². The zero-order valence-corrected chi connectivity index (χ0v) is 13.2. The Kier molecular flexibility index (Phi) is 3.98. The maximum absolute atomic E-state index is 5.42. The Labute approximate surface area is 134 Å². The zero-order valence-electron chi connectivity index (χ0n) is 12.4. The maximum Gasteiger partial charge on any atom is 0.182 e. The molecule has 0 bridgehead atoms. The molecule has 0 atom stereocenters. The van der Waals surface area contributed by atoms with Crippen LogP contribution >= 0.6 is 12.2 Å². The first kappa shape index (κ1) is 14.4. The van der Waals surface area contributed by atoms with E-state index >= 15 is 0 Å². The third kappa shape index (κ3) is 2.76. The van der Waals surface area contributed by atoms with Crippen LogP contribution < -0.4 is 9.47 Å². The maximum atomic E-state index is 5.42. The summed E-state index contributed by atoms with van der Waals surface area (Å²) in [5.41, 5.74) is 2.96. The summed E-state index contributed by atoms with van der Waals surface area (Å²) >= 11 is 5.42. The van der Waals surface area contributed by atoms with Crippen LogP contribution in [0.3, 0.4) is 0 Å². The van der Waals surface area contributed by atoms with Crippen LogP contribution in [0.1, 0.15) is 0 Å². The van der Waals surface area contributed by atoms with Crippen molar-refractivity contribution in [2.45, 2.75) is 0 Å². The predicted octanol–water partition coefficient (Wildman–Crippen LogP) is 4.22. The Hall–Kier alpha value is -2.53. The summed E-state index contributed by atoms with van der Waals surface area (Å²) in [5, 5.41) is 0. The quantitative estimate of drug-likeness (QED) is 0.733. The van der Waals surface area contributed by atoms with Gasteiger partial charge in [0.1, 0.15) is 11.5 Å². The molecule has 22 heavy (non-hydrogen) atoms. The van der Waals surface area contributed by atoms with Gasteiger partial charge in [-0.2, -0.15) is 0 Å². The largest absolute Gasteiger partial charge is 0.497 e. The molecule has 0 aliphatic rings. The molecule has 0 spiro atoms. The van der Waals surface area contributed by atoms with Crippen molar-refractivity contribution in [3.05, 3.63) is 59.5 Å². The number of imidazole rings is 1. The first-order chi connectivity index (χ1) is 10.7. The van der Waals surface area contributed by atoms with Crippen molar-refractivity contribution in [1.82, 2.24) is 9.55 Å². The molecule has 0 aliphatic heterocycles. The minimum Gasteiger partial charge on any atom is -0.497 e. The smallest absolute Gasteiger partial charge is 0.182 e. The second-order valence-electron chi connectivity index (χ2n) is 4.77. The predicted molar refractivity (Wildman–Crippen MR) is 89.5 cm³/mol. The Morgan fingerprint density at radius 1 is 0.955 bits per heavy atom. The van der Waals surface area contributed by atoms with Crippen LogP contribution in [0.2, 0.25) is 0 Å². The van der Waals surface area contributed by atoms with E-state index in [1.807, 2.05) is 59.3 Å². The topological polar surface area (TPSA) is 39.2 Å². The van der Waals surface area contributed by atoms with Crippen molar-refractivity contribution < 1.29 is 9.47 Å². The number of nitrogens with zero attached hydrogens (tertiary/aromatic N) is 1. The number of hydrogen-bond donors (Lipinski definition) is 1. The number of nitrogens with one attached hydrogen (secondary N) is 1. The van der Waals surface area contributed by atoms with Crippen molar-refractivity contribution >= 4 is 12.2 Å². The first-order valence-corrected chi connectivity index (χ1v) is 7.22. The summed E-state index contributed by atoms with van der Waals surface area (Å²) in [5.74, 6) is 1.63. The fraction of sp³-hybridized carbons (Fsp3) is 0.118. The molecule has 0 aliphatic carbocycles. The fourth-order valence-corrected chi connectivity index (χ4v) is 2.53. The van der Waals surface area contributed by atoms with Gasteiger partial charge in [0.05, 0.1) is 25.6 Å². The molecule has 0 radical (unpaired) electrons. The minimum absolute atomic E-state index is 0.638. The Bertz CT molecular complexity index is 834. The Morgan fingerprint density at radius 2 is 1.68 bits per heavy atom. The average molecular weight is 312 g/mol. The number of benzene rings is 2. The van der Waals surface area contributed by atoms with Gasteiger partial charge >= 0.3 is 0 Å². The lowest BCUT2D eigenvalue weighted by molar-refractivity contribution is 0.414. The van der Waals surface area contributed by atoms with Gasteiger partial charge in [-0.3, -0.25) is 4.57 Å². The fourth-order valence-electron chi connectivity index (χ4n) is 2.26. The van der Waals surface area contributed by atoms with Crippen molar-refractivity contribution in [3.8, 4) is 28.4 Å². The highest BCUT2D eigenvalue weighted by atomic mass is 32.1. The summed E-state index contributed by atoms with van der Waals surface area (Å²) in [7, 11) is 3.31. The van der Waals surface area contributed by atoms with E-state index in [1.54, 1.807) is 14.2 Å². The molecule has 3 aromatic rings. The molecule has 3 rings (SSSR count). The van der Waals surface area contributed by atoms with Gasteiger partial charge in [0.25, 0.3) is 0 Å². The van der Waals surface area contributed by atoms with E-state index < -0.39 is 0 Å². The Balaban J connectivity index is 2.01. The van der Waals surface area contributed by atoms with Crippen molar-refractivity contribution in [3.63, 3.8) is 0 Å². The molecule has 0 saturated carbocycles. The van der Waals surface area contributed by atoms with E-state index in [-0.39, 0.29) is 0 Å². The van der Waals surface area contributed by atoms with E-state index in [4.69, 9.17) is 21.7 Å². The number of methoxy groups -OCH3 is 2. The number of hydrogen-bond acceptors (Lipinski definition) is 3. The standard InChI is InChI=1S/C17H16N2O2S/c1-20-14-8-6-12(7-9-14)16-11-19(17(22)18-16)13-4-3-5-15(10-13)21-2/h3-11H,1-2H3,(H,18,22). The molecule has 1 heterocycles. The van der Waals surface area contributed by atoms with E-state index in [0.29, 0.717) is 4.77 Å². The summed E-state index contributed by atoms with van der Waals surface area (Å²) in [4.78, 5) is 3.23. The highest BCUT2D eigenvalue weighted by Crippen LogP contribution is 2.24. The van der Waals surface area contributed by atoms with E-state index in [9.17, 15) is 0 Å². The summed E-state index contributed by atoms with van der Waals surface area (Å²) in [6, 6.07) is 15.6. The number of aromatic nitrogens is 2. The van der Waals surface area contributed by atoms with Gasteiger partial charge in [-0.05, 0) is 54.2 Å². The molecule has 112 valence electrons. The van der Waals surface area contributed by atoms with Gasteiger partial charge in [-0.15, -0.1) is 0 Å². The molecule has 1 N–H and O–H groups in total. The molecule has 5 heteroatoms. The molecule has 0 amide bonds. The third-order valence-corrected chi connectivity index (χ3v) is 3.75. The highest BCUT2D eigenvalue weighted by Gasteiger charge is 2.06. The van der Waals surface area contributed by atoms with Gasteiger partial charge in [-0.25, -0.2) is 0 Å². The number of rotatable bonds is 4. The van der Waals surface area contributed by atoms with Crippen LogP contribution in [0.5, 0.6) is 11.5 Å². The van der Waals surface area contributed by atoms with Gasteiger partial charge in [-0.1, -0.05) is 6.07 Å². The number of H-pyrrole nitrogens is 1. The van der Waals surface area contributed by atoms with Crippen LogP contribution in [-0.2, 0) is 0 Å². The van der Waals surface area contributed by atoms with E-state index in [1.165, 1.54) is 0 Å². The molecular weight excluding hydrogens is 296 g/mol. The van der Waals surface area contributed by atoms with Crippen molar-refractivity contribution in [2.24, 2.45) is 0 Å². The van der Waals surface area contributed by atoms with Crippen LogP contribution in [-0.4, -0.2) is 23.8 Å². The molecule has 1 aromatic heterocycles. The zero-order chi connectivity index (χ0) is 15.5. The normalized spacial score (nSPS) is 10.5. The lowest BCUT2D eigenvalue weighted by Crippen LogP contribution is -1.92. The molecule has 0 saturated heterocycles.